The summed E-state index contributed by atoms with van der Waals surface area (Å²) in [5.41, 5.74) is 1.89. The molecule has 0 spiro atoms. The summed E-state index contributed by atoms with van der Waals surface area (Å²) in [6.07, 6.45) is -0.437. The fourth-order valence-electron chi connectivity index (χ4n) is 1.99. The zero-order valence-corrected chi connectivity index (χ0v) is 9.51. The maximum absolute atomic E-state index is 11.7. The molecule has 90 valence electrons. The molecule has 17 heavy (non-hydrogen) atoms. The summed E-state index contributed by atoms with van der Waals surface area (Å²) in [6.45, 7) is 0.489. The van der Waals surface area contributed by atoms with Crippen LogP contribution in [-0.4, -0.2) is 36.5 Å². The van der Waals surface area contributed by atoms with Crippen molar-refractivity contribution < 1.29 is 14.7 Å². The zero-order chi connectivity index (χ0) is 12.4. The largest absolute Gasteiger partial charge is 0.481 e. The van der Waals surface area contributed by atoms with Crippen LogP contribution in [0.3, 0.4) is 0 Å². The van der Waals surface area contributed by atoms with Crippen LogP contribution in [0.15, 0.2) is 24.3 Å². The first-order valence-corrected chi connectivity index (χ1v) is 5.39. The number of Topliss-reactive ketones (excluding diaryl/α,β-unsaturated/α-hetero) is 1. The second-order valence-corrected chi connectivity index (χ2v) is 4.13. The molecule has 1 unspecified atom stereocenters. The summed E-state index contributed by atoms with van der Waals surface area (Å²) in [5.74, 6) is -1.38. The van der Waals surface area contributed by atoms with Crippen LogP contribution >= 0.6 is 0 Å². The predicted molar refractivity (Wildman–Crippen MR) is 64.4 cm³/mol. The van der Waals surface area contributed by atoms with Gasteiger partial charge in [-0.1, -0.05) is 12.1 Å². The Kier molecular flexibility index (Phi) is 2.99. The first kappa shape index (κ1) is 11.4. The number of carboxylic acids is 1. The van der Waals surface area contributed by atoms with Gasteiger partial charge in [0, 0.05) is 13.6 Å². The Bertz CT molecular complexity index is 459. The van der Waals surface area contributed by atoms with Crippen molar-refractivity contribution in [3.63, 3.8) is 0 Å². The Hall–Kier alpha value is -2.04. The van der Waals surface area contributed by atoms with Crippen molar-refractivity contribution >= 4 is 23.1 Å². The van der Waals surface area contributed by atoms with E-state index in [-0.39, 0.29) is 5.78 Å². The minimum absolute atomic E-state index is 0.293. The number of rotatable bonds is 3. The van der Waals surface area contributed by atoms with Gasteiger partial charge < -0.3 is 15.3 Å². The summed E-state index contributed by atoms with van der Waals surface area (Å²) in [4.78, 5) is 24.2. The van der Waals surface area contributed by atoms with E-state index in [4.69, 9.17) is 5.11 Å². The molecule has 0 aromatic heterocycles. The van der Waals surface area contributed by atoms with E-state index in [0.717, 1.165) is 11.4 Å². The normalized spacial score (nSPS) is 18.2. The number of para-hydroxylation sites is 2. The molecule has 1 aliphatic heterocycles. The van der Waals surface area contributed by atoms with Crippen LogP contribution in [0.2, 0.25) is 0 Å². The van der Waals surface area contributed by atoms with Crippen molar-refractivity contribution in [3.8, 4) is 0 Å². The summed E-state index contributed by atoms with van der Waals surface area (Å²) in [5, 5.41) is 11.7. The number of carbonyl (C=O) groups is 2. The average Bonchev–Trinajstić information content (AvgIpc) is 2.28. The molecule has 1 aromatic rings. The van der Waals surface area contributed by atoms with Crippen molar-refractivity contribution in [2.75, 3.05) is 23.8 Å². The van der Waals surface area contributed by atoms with Crippen LogP contribution in [0.5, 0.6) is 0 Å². The number of carboxylic acid groups (broad SMARTS) is 1. The van der Waals surface area contributed by atoms with Crippen LogP contribution in [0.4, 0.5) is 11.4 Å². The van der Waals surface area contributed by atoms with Gasteiger partial charge in [-0.25, -0.2) is 0 Å². The third kappa shape index (κ3) is 2.38. The number of nitrogens with zero attached hydrogens (tertiary/aromatic N) is 1. The minimum atomic E-state index is -1.08. The van der Waals surface area contributed by atoms with Crippen molar-refractivity contribution in [2.24, 2.45) is 0 Å². The van der Waals surface area contributed by atoms with Gasteiger partial charge in [0.15, 0.2) is 5.78 Å². The lowest BCUT2D eigenvalue weighted by Gasteiger charge is -2.33. The molecule has 0 saturated heterocycles. The molecule has 5 nitrogen and oxygen atoms in total. The van der Waals surface area contributed by atoms with Gasteiger partial charge in [-0.15, -0.1) is 0 Å². The van der Waals surface area contributed by atoms with Gasteiger partial charge in [-0.2, -0.15) is 0 Å². The van der Waals surface area contributed by atoms with Gasteiger partial charge in [-0.3, -0.25) is 9.59 Å². The van der Waals surface area contributed by atoms with Gasteiger partial charge in [0.25, 0.3) is 0 Å². The predicted octanol–water partition coefficient (Wildman–Crippen LogP) is 0.961. The SMILES string of the molecule is CN1CC(C(=O)CC(=O)O)Nc2ccccc21. The van der Waals surface area contributed by atoms with E-state index in [1.165, 1.54) is 0 Å². The molecule has 0 fully saturated rings. The van der Waals surface area contributed by atoms with E-state index in [2.05, 4.69) is 5.32 Å². The standard InChI is InChI=1S/C12H14N2O3/c1-14-7-9(11(15)6-12(16)17)13-8-4-2-3-5-10(8)14/h2-5,9,13H,6-7H2,1H3,(H,16,17). The molecule has 2 N–H and O–H groups in total. The average molecular weight is 234 g/mol. The lowest BCUT2D eigenvalue weighted by molar-refractivity contribution is -0.140. The number of anilines is 2. The summed E-state index contributed by atoms with van der Waals surface area (Å²) >= 11 is 0. The Morgan fingerprint density at radius 2 is 2.18 bits per heavy atom. The molecule has 0 saturated carbocycles. The molecular formula is C12H14N2O3. The highest BCUT2D eigenvalue weighted by molar-refractivity contribution is 6.00. The number of likely N-dealkylation sites (N-methyl/N-ethyl adjacent to an activating group) is 1. The van der Waals surface area contributed by atoms with Gasteiger partial charge in [0.1, 0.15) is 12.5 Å². The van der Waals surface area contributed by atoms with Gasteiger partial charge in [0.05, 0.1) is 11.4 Å². The smallest absolute Gasteiger partial charge is 0.310 e. The number of fused-ring (bicyclic) bond motifs is 1. The topological polar surface area (TPSA) is 69.6 Å². The van der Waals surface area contributed by atoms with E-state index in [9.17, 15) is 9.59 Å². The van der Waals surface area contributed by atoms with Crippen LogP contribution in [0, 0.1) is 0 Å². The van der Waals surface area contributed by atoms with Gasteiger partial charge in [-0.05, 0) is 12.1 Å². The molecule has 5 heteroatoms. The number of benzene rings is 1. The second-order valence-electron chi connectivity index (χ2n) is 4.13. The fourth-order valence-corrected chi connectivity index (χ4v) is 1.99. The molecule has 1 heterocycles. The molecule has 0 bridgehead atoms. The maximum atomic E-state index is 11.7. The lowest BCUT2D eigenvalue weighted by atomic mass is 10.0. The first-order chi connectivity index (χ1) is 8.08. The number of nitrogens with one attached hydrogen (secondary N) is 1. The highest BCUT2D eigenvalue weighted by atomic mass is 16.4. The quantitative estimate of drug-likeness (QED) is 0.762. The van der Waals surface area contributed by atoms with E-state index in [1.54, 1.807) is 0 Å². The van der Waals surface area contributed by atoms with Crippen molar-refractivity contribution in [1.29, 1.82) is 0 Å². The summed E-state index contributed by atoms with van der Waals surface area (Å²) in [7, 11) is 1.89. The number of hydrogen-bond donors (Lipinski definition) is 2. The number of hydrogen-bond acceptors (Lipinski definition) is 4. The first-order valence-electron chi connectivity index (χ1n) is 5.39. The molecule has 0 radical (unpaired) electrons. The van der Waals surface area contributed by atoms with E-state index in [0.29, 0.717) is 6.54 Å². The third-order valence-electron chi connectivity index (χ3n) is 2.82. The molecule has 0 amide bonds. The Balaban J connectivity index is 2.16. The Morgan fingerprint density at radius 1 is 1.47 bits per heavy atom. The van der Waals surface area contributed by atoms with Crippen LogP contribution in [0.1, 0.15) is 6.42 Å². The van der Waals surface area contributed by atoms with Crippen LogP contribution < -0.4 is 10.2 Å². The van der Waals surface area contributed by atoms with E-state index < -0.39 is 18.4 Å². The Morgan fingerprint density at radius 3 is 2.88 bits per heavy atom. The highest BCUT2D eigenvalue weighted by Crippen LogP contribution is 2.29. The minimum Gasteiger partial charge on any atom is -0.481 e. The van der Waals surface area contributed by atoms with E-state index >= 15 is 0 Å². The fraction of sp³-hybridized carbons (Fsp3) is 0.333. The van der Waals surface area contributed by atoms with Crippen molar-refractivity contribution in [3.05, 3.63) is 24.3 Å². The third-order valence-corrected chi connectivity index (χ3v) is 2.82. The van der Waals surface area contributed by atoms with Crippen molar-refractivity contribution in [1.82, 2.24) is 0 Å². The maximum Gasteiger partial charge on any atom is 0.310 e. The monoisotopic (exact) mass is 234 g/mol. The molecule has 1 atom stereocenters. The molecule has 2 rings (SSSR count). The van der Waals surface area contributed by atoms with Crippen LogP contribution in [-0.2, 0) is 9.59 Å². The highest BCUT2D eigenvalue weighted by Gasteiger charge is 2.27. The summed E-state index contributed by atoms with van der Waals surface area (Å²) < 4.78 is 0. The molecular weight excluding hydrogens is 220 g/mol. The van der Waals surface area contributed by atoms with Crippen LogP contribution in [0.25, 0.3) is 0 Å². The molecule has 0 aliphatic carbocycles. The van der Waals surface area contributed by atoms with Gasteiger partial charge in [0.2, 0.25) is 0 Å². The van der Waals surface area contributed by atoms with E-state index in [1.807, 2.05) is 36.2 Å². The number of aliphatic carboxylic acids is 1. The Labute approximate surface area is 99.0 Å². The number of carbonyl (C=O) groups excluding carboxylic acids is 1. The van der Waals surface area contributed by atoms with Gasteiger partial charge >= 0.3 is 5.97 Å². The molecule has 1 aliphatic rings. The second kappa shape index (κ2) is 4.45. The zero-order valence-electron chi connectivity index (χ0n) is 9.51. The van der Waals surface area contributed by atoms with Crippen molar-refractivity contribution in [2.45, 2.75) is 12.5 Å². The molecule has 1 aromatic carbocycles. The summed E-state index contributed by atoms with van der Waals surface area (Å²) in [6, 6.07) is 7.19. The lowest BCUT2D eigenvalue weighted by Crippen LogP contribution is -2.44. The number of ketones is 1.